The van der Waals surface area contributed by atoms with Crippen molar-refractivity contribution in [3.8, 4) is 0 Å². The van der Waals surface area contributed by atoms with Crippen molar-refractivity contribution in [3.05, 3.63) is 0 Å². The molecule has 1 rings (SSSR count). The fraction of sp³-hybridized carbons (Fsp3) is 0.857. The highest BCUT2D eigenvalue weighted by atomic mass is 16.4. The van der Waals surface area contributed by atoms with Crippen molar-refractivity contribution in [2.24, 2.45) is 23.5 Å². The van der Waals surface area contributed by atoms with Crippen LogP contribution in [0.5, 0.6) is 0 Å². The Morgan fingerprint density at radius 3 is 2.53 bits per heavy atom. The Hall–Kier alpha value is -1.10. The maximum atomic E-state index is 12.3. The van der Waals surface area contributed by atoms with Gasteiger partial charge in [-0.05, 0) is 31.2 Å². The second-order valence-corrected chi connectivity index (χ2v) is 5.60. The van der Waals surface area contributed by atoms with Crippen LogP contribution in [0.2, 0.25) is 0 Å². The monoisotopic (exact) mass is 270 g/mol. The van der Waals surface area contributed by atoms with E-state index < -0.39 is 12.0 Å². The summed E-state index contributed by atoms with van der Waals surface area (Å²) in [7, 11) is 0. The third-order valence-corrected chi connectivity index (χ3v) is 4.33. The fourth-order valence-corrected chi connectivity index (χ4v) is 2.78. The molecule has 0 radical (unpaired) electrons. The van der Waals surface area contributed by atoms with E-state index in [1.165, 1.54) is 0 Å². The van der Waals surface area contributed by atoms with Crippen molar-refractivity contribution in [3.63, 3.8) is 0 Å². The summed E-state index contributed by atoms with van der Waals surface area (Å²) in [5.74, 6) is -1.09. The van der Waals surface area contributed by atoms with Gasteiger partial charge in [-0.1, -0.05) is 33.1 Å². The van der Waals surface area contributed by atoms with Crippen molar-refractivity contribution in [1.29, 1.82) is 0 Å². The summed E-state index contributed by atoms with van der Waals surface area (Å²) < 4.78 is 0. The lowest BCUT2D eigenvalue weighted by molar-refractivity contribution is -0.144. The van der Waals surface area contributed by atoms with Crippen LogP contribution in [-0.2, 0) is 9.59 Å². The lowest BCUT2D eigenvalue weighted by Gasteiger charge is -2.31. The van der Waals surface area contributed by atoms with Crippen molar-refractivity contribution in [1.82, 2.24) is 5.32 Å². The first kappa shape index (κ1) is 16.0. The van der Waals surface area contributed by atoms with Gasteiger partial charge in [0.1, 0.15) is 6.04 Å². The number of nitrogens with two attached hydrogens (primary N) is 1. The van der Waals surface area contributed by atoms with Crippen molar-refractivity contribution in [2.75, 3.05) is 6.54 Å². The van der Waals surface area contributed by atoms with E-state index in [2.05, 4.69) is 5.32 Å². The van der Waals surface area contributed by atoms with E-state index in [1.807, 2.05) is 13.8 Å². The number of hydrogen-bond acceptors (Lipinski definition) is 3. The average molecular weight is 270 g/mol. The molecular weight excluding hydrogens is 244 g/mol. The molecule has 5 nitrogen and oxygen atoms in total. The number of carboxylic acid groups (broad SMARTS) is 1. The van der Waals surface area contributed by atoms with Gasteiger partial charge < -0.3 is 16.2 Å². The highest BCUT2D eigenvalue weighted by molar-refractivity contribution is 5.85. The summed E-state index contributed by atoms with van der Waals surface area (Å²) in [6.45, 7) is 4.27. The van der Waals surface area contributed by atoms with Gasteiger partial charge in [0.05, 0.1) is 0 Å². The Morgan fingerprint density at radius 1 is 1.37 bits per heavy atom. The van der Waals surface area contributed by atoms with E-state index in [0.29, 0.717) is 6.54 Å². The van der Waals surface area contributed by atoms with Crippen molar-refractivity contribution in [2.45, 2.75) is 52.0 Å². The molecule has 5 heteroatoms. The predicted octanol–water partition coefficient (Wildman–Crippen LogP) is 1.37. The minimum Gasteiger partial charge on any atom is -0.480 e. The van der Waals surface area contributed by atoms with Gasteiger partial charge >= 0.3 is 5.97 Å². The molecular formula is C14H26N2O3. The Balaban J connectivity index is 2.67. The molecule has 0 aromatic carbocycles. The summed E-state index contributed by atoms with van der Waals surface area (Å²) in [4.78, 5) is 23.5. The van der Waals surface area contributed by atoms with Crippen LogP contribution >= 0.6 is 0 Å². The zero-order chi connectivity index (χ0) is 14.4. The number of carbonyl (C=O) groups excluding carboxylic acids is 1. The molecule has 1 fully saturated rings. The lowest BCUT2D eigenvalue weighted by atomic mass is 9.78. The zero-order valence-electron chi connectivity index (χ0n) is 11.9. The van der Waals surface area contributed by atoms with Crippen LogP contribution in [0.15, 0.2) is 0 Å². The van der Waals surface area contributed by atoms with E-state index in [1.54, 1.807) is 0 Å². The molecule has 19 heavy (non-hydrogen) atoms. The van der Waals surface area contributed by atoms with Gasteiger partial charge in [-0.3, -0.25) is 4.79 Å². The standard InChI is InChI=1S/C14H26N2O3/c1-3-9(2)12(14(18)19)16-13(17)11-7-5-4-6-10(11)8-15/h9-12H,3-8,15H2,1-2H3,(H,16,17)(H,18,19). The van der Waals surface area contributed by atoms with E-state index in [-0.39, 0.29) is 23.7 Å². The Kier molecular flexibility index (Phi) is 6.28. The molecule has 4 N–H and O–H groups in total. The molecule has 4 atom stereocenters. The molecule has 0 aliphatic heterocycles. The van der Waals surface area contributed by atoms with Gasteiger partial charge in [-0.15, -0.1) is 0 Å². The van der Waals surface area contributed by atoms with Crippen LogP contribution in [0.25, 0.3) is 0 Å². The Bertz CT molecular complexity index is 320. The zero-order valence-corrected chi connectivity index (χ0v) is 11.9. The van der Waals surface area contributed by atoms with Gasteiger partial charge in [0.25, 0.3) is 0 Å². The number of amides is 1. The van der Waals surface area contributed by atoms with Gasteiger partial charge in [-0.2, -0.15) is 0 Å². The van der Waals surface area contributed by atoms with E-state index in [4.69, 9.17) is 5.73 Å². The number of rotatable bonds is 6. The molecule has 0 spiro atoms. The minimum absolute atomic E-state index is 0.0682. The van der Waals surface area contributed by atoms with Gasteiger partial charge in [0.15, 0.2) is 0 Å². The number of aliphatic carboxylic acids is 1. The number of nitrogens with one attached hydrogen (secondary N) is 1. The molecule has 1 saturated carbocycles. The average Bonchev–Trinajstić information content (AvgIpc) is 2.43. The number of hydrogen-bond donors (Lipinski definition) is 3. The van der Waals surface area contributed by atoms with Crippen LogP contribution in [0, 0.1) is 17.8 Å². The summed E-state index contributed by atoms with van der Waals surface area (Å²) in [6.07, 6.45) is 4.65. The maximum absolute atomic E-state index is 12.3. The molecule has 0 bridgehead atoms. The second-order valence-electron chi connectivity index (χ2n) is 5.60. The van der Waals surface area contributed by atoms with Crippen molar-refractivity contribution >= 4 is 11.9 Å². The topological polar surface area (TPSA) is 92.4 Å². The summed E-state index contributed by atoms with van der Waals surface area (Å²) in [5.41, 5.74) is 5.71. The Morgan fingerprint density at radius 2 is 2.00 bits per heavy atom. The lowest BCUT2D eigenvalue weighted by Crippen LogP contribution is -2.49. The molecule has 110 valence electrons. The van der Waals surface area contributed by atoms with Crippen molar-refractivity contribution < 1.29 is 14.7 Å². The predicted molar refractivity (Wildman–Crippen MR) is 73.5 cm³/mol. The second kappa shape index (κ2) is 7.48. The third kappa shape index (κ3) is 4.20. The van der Waals surface area contributed by atoms with Gasteiger partial charge in [0, 0.05) is 5.92 Å². The van der Waals surface area contributed by atoms with Gasteiger partial charge in [-0.25, -0.2) is 4.79 Å². The normalized spacial score (nSPS) is 26.5. The molecule has 0 aromatic heterocycles. The first-order valence-corrected chi connectivity index (χ1v) is 7.24. The van der Waals surface area contributed by atoms with E-state index in [9.17, 15) is 14.7 Å². The fourth-order valence-electron chi connectivity index (χ4n) is 2.78. The summed E-state index contributed by atoms with van der Waals surface area (Å²) in [5, 5.41) is 11.9. The third-order valence-electron chi connectivity index (χ3n) is 4.33. The van der Waals surface area contributed by atoms with E-state index in [0.717, 1.165) is 32.1 Å². The molecule has 0 heterocycles. The van der Waals surface area contributed by atoms with Crippen LogP contribution < -0.4 is 11.1 Å². The van der Waals surface area contributed by atoms with Gasteiger partial charge in [0.2, 0.25) is 5.91 Å². The first-order chi connectivity index (χ1) is 9.01. The smallest absolute Gasteiger partial charge is 0.326 e. The van der Waals surface area contributed by atoms with Crippen LogP contribution in [0.3, 0.4) is 0 Å². The highest BCUT2D eigenvalue weighted by Crippen LogP contribution is 2.29. The first-order valence-electron chi connectivity index (χ1n) is 7.24. The molecule has 1 aliphatic carbocycles. The summed E-state index contributed by atoms with van der Waals surface area (Å²) >= 11 is 0. The SMILES string of the molecule is CCC(C)C(NC(=O)C1CCCCC1CN)C(=O)O. The number of carbonyl (C=O) groups is 2. The molecule has 1 aliphatic rings. The minimum atomic E-state index is -0.956. The molecule has 1 amide bonds. The maximum Gasteiger partial charge on any atom is 0.326 e. The molecule has 4 unspecified atom stereocenters. The van der Waals surface area contributed by atoms with Crippen LogP contribution in [0.1, 0.15) is 46.0 Å². The Labute approximate surface area is 114 Å². The molecule has 0 saturated heterocycles. The quantitative estimate of drug-likeness (QED) is 0.679. The summed E-state index contributed by atoms with van der Waals surface area (Å²) in [6, 6.07) is -0.794. The molecule has 0 aromatic rings. The highest BCUT2D eigenvalue weighted by Gasteiger charge is 2.33. The van der Waals surface area contributed by atoms with Crippen LogP contribution in [0.4, 0.5) is 0 Å². The van der Waals surface area contributed by atoms with E-state index >= 15 is 0 Å². The van der Waals surface area contributed by atoms with Crippen LogP contribution in [-0.4, -0.2) is 29.6 Å². The number of carboxylic acids is 1. The largest absolute Gasteiger partial charge is 0.480 e.